The second-order valence-corrected chi connectivity index (χ2v) is 15.7. The topological polar surface area (TPSA) is 169 Å². The van der Waals surface area contributed by atoms with Gasteiger partial charge in [0.25, 0.3) is 10.1 Å². The zero-order chi connectivity index (χ0) is 33.0. The Bertz CT molecular complexity index is 1660. The Balaban J connectivity index is 0.000000978. The van der Waals surface area contributed by atoms with Crippen molar-refractivity contribution >= 4 is 54.7 Å². The van der Waals surface area contributed by atoms with Crippen LogP contribution < -0.4 is 15.4 Å². The third-order valence-corrected chi connectivity index (χ3v) is 9.18. The number of nitrogens with zero attached hydrogens (tertiary/aromatic N) is 5. The van der Waals surface area contributed by atoms with Crippen molar-refractivity contribution < 1.29 is 26.1 Å². The van der Waals surface area contributed by atoms with E-state index in [4.69, 9.17) is 20.9 Å². The number of piperidine rings is 1. The fourth-order valence-corrected chi connectivity index (χ4v) is 5.90. The normalized spacial score (nSPS) is 14.8. The number of halogens is 1. The van der Waals surface area contributed by atoms with Crippen LogP contribution in [0, 0.1) is 6.92 Å². The van der Waals surface area contributed by atoms with Gasteiger partial charge in [0.2, 0.25) is 20.8 Å². The first kappa shape index (κ1) is 35.5. The van der Waals surface area contributed by atoms with E-state index in [-0.39, 0.29) is 22.0 Å². The summed E-state index contributed by atoms with van der Waals surface area (Å²) in [5, 5.41) is 10.0. The smallest absolute Gasteiger partial charge is 0.261 e. The van der Waals surface area contributed by atoms with Crippen LogP contribution >= 0.6 is 11.6 Å². The molecule has 0 aliphatic carbocycles. The lowest BCUT2D eigenvalue weighted by Crippen LogP contribution is -2.29. The molecule has 4 rings (SSSR count). The van der Waals surface area contributed by atoms with E-state index in [1.54, 1.807) is 27.1 Å². The first-order valence-electron chi connectivity index (χ1n) is 14.1. The Morgan fingerprint density at radius 1 is 1.05 bits per heavy atom. The van der Waals surface area contributed by atoms with E-state index in [1.165, 1.54) is 22.0 Å². The molecule has 3 N–H and O–H groups in total. The van der Waals surface area contributed by atoms with E-state index in [1.807, 2.05) is 13.8 Å². The van der Waals surface area contributed by atoms with Gasteiger partial charge in [-0.1, -0.05) is 11.6 Å². The predicted molar refractivity (Wildman–Crippen MR) is 173 cm³/mol. The third kappa shape index (κ3) is 9.76. The largest absolute Gasteiger partial charge is 0.489 e. The van der Waals surface area contributed by atoms with Crippen molar-refractivity contribution in [3.8, 4) is 5.75 Å². The van der Waals surface area contributed by atoms with E-state index in [9.17, 15) is 16.8 Å². The first-order chi connectivity index (χ1) is 20.3. The lowest BCUT2D eigenvalue weighted by atomic mass is 9.86. The molecule has 1 fully saturated rings. The van der Waals surface area contributed by atoms with Crippen molar-refractivity contribution in [2.45, 2.75) is 69.8 Å². The molecule has 0 amide bonds. The highest BCUT2D eigenvalue weighted by Gasteiger charge is 2.27. The SMILES string of the molecule is CS(=O)(=O)O.Cc1cc(Nc2ncc(Cl)c(Nc3cn(C)nc3S(=O)(=O)C(C)C)n2)c(OC(C)C)cc1C1CCN(C)CC1. The number of anilines is 4. The number of hydrogen-bond acceptors (Lipinski definition) is 11. The average Bonchev–Trinajstić information content (AvgIpc) is 3.27. The van der Waals surface area contributed by atoms with Crippen LogP contribution in [0.1, 0.15) is 57.6 Å². The van der Waals surface area contributed by atoms with Crippen LogP contribution in [0.3, 0.4) is 0 Å². The molecule has 244 valence electrons. The second-order valence-electron chi connectivity index (χ2n) is 11.4. The molecule has 3 aromatic rings. The van der Waals surface area contributed by atoms with Crippen molar-refractivity contribution in [2.75, 3.05) is 37.0 Å². The summed E-state index contributed by atoms with van der Waals surface area (Å²) in [6.45, 7) is 11.5. The maximum absolute atomic E-state index is 12.9. The van der Waals surface area contributed by atoms with E-state index in [0.29, 0.717) is 23.8 Å². The average molecular weight is 672 g/mol. The quantitative estimate of drug-likeness (QED) is 0.262. The predicted octanol–water partition coefficient (Wildman–Crippen LogP) is 4.94. The minimum atomic E-state index is -3.67. The van der Waals surface area contributed by atoms with Gasteiger partial charge < -0.3 is 20.3 Å². The van der Waals surface area contributed by atoms with Gasteiger partial charge in [-0.2, -0.15) is 18.5 Å². The molecule has 44 heavy (non-hydrogen) atoms. The Hall–Kier alpha value is -2.98. The van der Waals surface area contributed by atoms with Gasteiger partial charge in [-0.25, -0.2) is 13.4 Å². The molecule has 0 radical (unpaired) electrons. The van der Waals surface area contributed by atoms with E-state index in [2.05, 4.69) is 56.7 Å². The van der Waals surface area contributed by atoms with Crippen LogP contribution in [0.5, 0.6) is 5.75 Å². The minimum Gasteiger partial charge on any atom is -0.489 e. The van der Waals surface area contributed by atoms with Crippen LogP contribution in [-0.4, -0.2) is 83.8 Å². The number of likely N-dealkylation sites (tertiary alicyclic amines) is 1. The van der Waals surface area contributed by atoms with Crippen LogP contribution in [-0.2, 0) is 27.0 Å². The van der Waals surface area contributed by atoms with E-state index >= 15 is 0 Å². The van der Waals surface area contributed by atoms with Crippen LogP contribution in [0.2, 0.25) is 5.02 Å². The van der Waals surface area contributed by atoms with E-state index < -0.39 is 25.2 Å². The fourth-order valence-electron chi connectivity index (χ4n) is 4.66. The zero-order valence-corrected chi connectivity index (χ0v) is 28.7. The van der Waals surface area contributed by atoms with Crippen molar-refractivity contribution in [3.05, 3.63) is 40.7 Å². The number of rotatable bonds is 9. The summed E-state index contributed by atoms with van der Waals surface area (Å²) in [5.74, 6) is 1.77. The minimum absolute atomic E-state index is 0.0196. The lowest BCUT2D eigenvalue weighted by molar-refractivity contribution is 0.241. The monoisotopic (exact) mass is 671 g/mol. The van der Waals surface area contributed by atoms with Crippen molar-refractivity contribution in [1.82, 2.24) is 24.6 Å². The molecule has 1 aliphatic rings. The molecule has 3 heterocycles. The summed E-state index contributed by atoms with van der Waals surface area (Å²) < 4.78 is 59.2. The van der Waals surface area contributed by atoms with Crippen molar-refractivity contribution in [1.29, 1.82) is 0 Å². The maximum atomic E-state index is 12.9. The lowest BCUT2D eigenvalue weighted by Gasteiger charge is -2.30. The van der Waals surface area contributed by atoms with Gasteiger partial charge in [-0.05, 0) is 96.8 Å². The van der Waals surface area contributed by atoms with Gasteiger partial charge in [0.05, 0.1) is 35.2 Å². The number of sulfone groups is 1. The van der Waals surface area contributed by atoms with Crippen LogP contribution in [0.15, 0.2) is 29.6 Å². The molecule has 1 aliphatic heterocycles. The van der Waals surface area contributed by atoms with Gasteiger partial charge >= 0.3 is 0 Å². The number of aromatic nitrogens is 4. The Morgan fingerprint density at radius 2 is 1.66 bits per heavy atom. The highest BCUT2D eigenvalue weighted by molar-refractivity contribution is 7.92. The molecule has 0 unspecified atom stereocenters. The van der Waals surface area contributed by atoms with Crippen LogP contribution in [0.25, 0.3) is 0 Å². The molecule has 16 heteroatoms. The summed E-state index contributed by atoms with van der Waals surface area (Å²) in [5.41, 5.74) is 3.52. The summed E-state index contributed by atoms with van der Waals surface area (Å²) in [7, 11) is -3.48. The highest BCUT2D eigenvalue weighted by Crippen LogP contribution is 2.38. The molecule has 2 aromatic heterocycles. The summed E-state index contributed by atoms with van der Waals surface area (Å²) in [4.78, 5) is 11.3. The van der Waals surface area contributed by atoms with Gasteiger partial charge in [0, 0.05) is 13.2 Å². The molecule has 0 spiro atoms. The Morgan fingerprint density at radius 3 is 2.23 bits per heavy atom. The molecule has 0 saturated carbocycles. The number of ether oxygens (including phenoxy) is 1. The standard InChI is InChI=1S/C27H38ClN7O3S.CH4O3S/c1-16(2)38-24-13-20(19-8-10-34(6)11-9-19)18(5)12-22(24)31-27-29-14-21(28)25(32-27)30-23-15-35(7)33-26(23)39(36,37)17(3)4;1-5(2,3)4/h12-17,19H,8-11H2,1-7H3,(H2,29,30,31,32);1H3,(H,2,3,4). The summed E-state index contributed by atoms with van der Waals surface area (Å²) in [6.07, 6.45) is 5.98. The fraction of sp³-hybridized carbons (Fsp3) is 0.536. The number of nitrogens with one attached hydrogen (secondary N) is 2. The summed E-state index contributed by atoms with van der Waals surface area (Å²) in [6, 6.07) is 4.21. The maximum Gasteiger partial charge on any atom is 0.261 e. The Kier molecular flexibility index (Phi) is 11.6. The molecule has 1 saturated heterocycles. The number of aryl methyl sites for hydroxylation is 2. The second kappa shape index (κ2) is 14.4. The van der Waals surface area contributed by atoms with Gasteiger partial charge in [0.1, 0.15) is 10.8 Å². The highest BCUT2D eigenvalue weighted by atomic mass is 35.5. The molecule has 1 aromatic carbocycles. The van der Waals surface area contributed by atoms with Crippen molar-refractivity contribution in [3.63, 3.8) is 0 Å². The van der Waals surface area contributed by atoms with E-state index in [0.717, 1.165) is 37.4 Å². The molecule has 0 bridgehead atoms. The third-order valence-electron chi connectivity index (χ3n) is 6.82. The van der Waals surface area contributed by atoms with Gasteiger partial charge in [-0.3, -0.25) is 9.23 Å². The van der Waals surface area contributed by atoms with Crippen LogP contribution in [0.4, 0.5) is 23.1 Å². The summed E-state index contributed by atoms with van der Waals surface area (Å²) >= 11 is 6.41. The molecule has 13 nitrogen and oxygen atoms in total. The Labute approximate surface area is 265 Å². The molecular formula is C28H42ClN7O6S2. The molecule has 0 atom stereocenters. The van der Waals surface area contributed by atoms with Gasteiger partial charge in [0.15, 0.2) is 5.82 Å². The number of benzene rings is 1. The van der Waals surface area contributed by atoms with Crippen molar-refractivity contribution in [2.24, 2.45) is 7.05 Å². The van der Waals surface area contributed by atoms with Gasteiger partial charge in [-0.15, -0.1) is 0 Å². The molecular weight excluding hydrogens is 630 g/mol. The first-order valence-corrected chi connectivity index (χ1v) is 17.9. The number of hydrogen-bond donors (Lipinski definition) is 3. The zero-order valence-electron chi connectivity index (χ0n) is 26.3.